The molecule has 1 aromatic carbocycles. The summed E-state index contributed by atoms with van der Waals surface area (Å²) in [6.07, 6.45) is 3.90. The highest BCUT2D eigenvalue weighted by Crippen LogP contribution is 2.29. The monoisotopic (exact) mass is 345 g/mol. The fourth-order valence-corrected chi connectivity index (χ4v) is 2.65. The lowest BCUT2D eigenvalue weighted by Gasteiger charge is -2.27. The topological polar surface area (TPSA) is 49.3 Å². The van der Waals surface area contributed by atoms with E-state index in [0.717, 1.165) is 29.3 Å². The molecule has 0 aliphatic heterocycles. The van der Waals surface area contributed by atoms with E-state index >= 15 is 0 Å². The van der Waals surface area contributed by atoms with Gasteiger partial charge in [-0.05, 0) is 59.7 Å². The van der Waals surface area contributed by atoms with Crippen LogP contribution in [-0.2, 0) is 0 Å². The van der Waals surface area contributed by atoms with Crippen molar-refractivity contribution in [2.24, 2.45) is 0 Å². The van der Waals surface area contributed by atoms with Crippen LogP contribution in [0.5, 0.6) is 0 Å². The molecule has 0 radical (unpaired) electrons. The maximum atomic E-state index is 12.1. The number of nitrogens with one attached hydrogen (secondary N) is 1. The summed E-state index contributed by atoms with van der Waals surface area (Å²) in [6.45, 7) is 0.0309. The van der Waals surface area contributed by atoms with Gasteiger partial charge in [-0.3, -0.25) is 4.79 Å². The van der Waals surface area contributed by atoms with Crippen LogP contribution in [0.4, 0.5) is 0 Å². The number of rotatable bonds is 3. The van der Waals surface area contributed by atoms with Crippen LogP contribution in [0.2, 0.25) is 0 Å². The fourth-order valence-electron chi connectivity index (χ4n) is 2.29. The largest absolute Gasteiger partial charge is 0.394 e. The Morgan fingerprint density at radius 1 is 1.29 bits per heavy atom. The first-order valence-corrected chi connectivity index (χ1v) is 6.92. The maximum absolute atomic E-state index is 12.1. The second-order valence-corrected chi connectivity index (χ2v) is 5.85. The summed E-state index contributed by atoms with van der Waals surface area (Å²) in [6, 6.07) is 7.46. The second-order valence-electron chi connectivity index (χ2n) is 4.61. The van der Waals surface area contributed by atoms with E-state index in [0.29, 0.717) is 5.56 Å². The highest BCUT2D eigenvalue weighted by molar-refractivity contribution is 14.1. The Morgan fingerprint density at radius 3 is 2.41 bits per heavy atom. The molecule has 1 aliphatic rings. The van der Waals surface area contributed by atoms with Crippen LogP contribution < -0.4 is 5.32 Å². The van der Waals surface area contributed by atoms with E-state index < -0.39 is 0 Å². The van der Waals surface area contributed by atoms with Gasteiger partial charge in [-0.15, -0.1) is 0 Å². The molecule has 1 fully saturated rings. The Balaban J connectivity index is 2.08. The Bertz CT molecular complexity index is 396. The van der Waals surface area contributed by atoms with Crippen molar-refractivity contribution in [2.45, 2.75) is 31.2 Å². The minimum absolute atomic E-state index is 0.0309. The Morgan fingerprint density at radius 2 is 1.88 bits per heavy atom. The molecular weight excluding hydrogens is 329 g/mol. The van der Waals surface area contributed by atoms with Gasteiger partial charge in [-0.25, -0.2) is 0 Å². The first-order valence-electron chi connectivity index (χ1n) is 5.84. The van der Waals surface area contributed by atoms with Gasteiger partial charge in [0.15, 0.2) is 0 Å². The summed E-state index contributed by atoms with van der Waals surface area (Å²) in [7, 11) is 0. The third-order valence-electron chi connectivity index (χ3n) is 3.35. The number of carbonyl (C=O) groups excluding carboxylic acids is 1. The van der Waals surface area contributed by atoms with Gasteiger partial charge in [-0.1, -0.05) is 12.8 Å². The molecule has 1 aromatic rings. The normalized spacial score (nSPS) is 18.0. The lowest BCUT2D eigenvalue weighted by Crippen LogP contribution is -2.49. The summed E-state index contributed by atoms with van der Waals surface area (Å²) in [4.78, 5) is 12.1. The number of hydrogen-bond acceptors (Lipinski definition) is 2. The van der Waals surface area contributed by atoms with E-state index in [-0.39, 0.29) is 18.1 Å². The van der Waals surface area contributed by atoms with Crippen molar-refractivity contribution in [1.29, 1.82) is 0 Å². The van der Waals surface area contributed by atoms with Crippen LogP contribution >= 0.6 is 22.6 Å². The van der Waals surface area contributed by atoms with Crippen LogP contribution in [0.25, 0.3) is 0 Å². The Labute approximate surface area is 115 Å². The summed E-state index contributed by atoms with van der Waals surface area (Å²) in [5.41, 5.74) is 0.269. The molecule has 1 aliphatic carbocycles. The van der Waals surface area contributed by atoms with Gasteiger partial charge in [0.05, 0.1) is 12.1 Å². The zero-order chi connectivity index (χ0) is 12.3. The third-order valence-corrected chi connectivity index (χ3v) is 4.07. The fraction of sp³-hybridized carbons (Fsp3) is 0.462. The number of benzene rings is 1. The summed E-state index contributed by atoms with van der Waals surface area (Å²) >= 11 is 2.21. The predicted octanol–water partition coefficient (Wildman–Crippen LogP) is 2.33. The highest BCUT2D eigenvalue weighted by atomic mass is 127. The van der Waals surface area contributed by atoms with Crippen LogP contribution in [0.3, 0.4) is 0 Å². The van der Waals surface area contributed by atoms with Gasteiger partial charge in [0.25, 0.3) is 5.91 Å². The molecule has 0 unspecified atom stereocenters. The summed E-state index contributed by atoms with van der Waals surface area (Å²) in [5.74, 6) is -0.0858. The van der Waals surface area contributed by atoms with E-state index in [1.165, 1.54) is 0 Å². The van der Waals surface area contributed by atoms with Gasteiger partial charge in [0.2, 0.25) is 0 Å². The van der Waals surface area contributed by atoms with Gasteiger partial charge < -0.3 is 10.4 Å². The van der Waals surface area contributed by atoms with Crippen molar-refractivity contribution in [3.8, 4) is 0 Å². The molecule has 0 heterocycles. The molecule has 2 rings (SSSR count). The average molecular weight is 345 g/mol. The van der Waals surface area contributed by atoms with E-state index in [1.807, 2.05) is 24.3 Å². The Kier molecular flexibility index (Phi) is 4.04. The maximum Gasteiger partial charge on any atom is 0.251 e. The second kappa shape index (κ2) is 5.35. The van der Waals surface area contributed by atoms with Crippen LogP contribution in [0, 0.1) is 3.57 Å². The lowest BCUT2D eigenvalue weighted by atomic mass is 9.98. The number of halogens is 1. The van der Waals surface area contributed by atoms with Crippen molar-refractivity contribution < 1.29 is 9.90 Å². The molecule has 92 valence electrons. The van der Waals surface area contributed by atoms with Gasteiger partial charge in [0, 0.05) is 9.13 Å². The zero-order valence-electron chi connectivity index (χ0n) is 9.58. The van der Waals surface area contributed by atoms with Crippen LogP contribution in [0.1, 0.15) is 36.0 Å². The molecule has 0 bridgehead atoms. The van der Waals surface area contributed by atoms with Gasteiger partial charge >= 0.3 is 0 Å². The van der Waals surface area contributed by atoms with Crippen LogP contribution in [-0.4, -0.2) is 23.2 Å². The minimum Gasteiger partial charge on any atom is -0.394 e. The molecule has 17 heavy (non-hydrogen) atoms. The molecule has 2 N–H and O–H groups in total. The minimum atomic E-state index is -0.389. The lowest BCUT2D eigenvalue weighted by molar-refractivity contribution is 0.0838. The summed E-state index contributed by atoms with van der Waals surface area (Å²) < 4.78 is 1.11. The SMILES string of the molecule is O=C(NC1(CO)CCCC1)c1ccc(I)cc1. The van der Waals surface area contributed by atoms with Crippen LogP contribution in [0.15, 0.2) is 24.3 Å². The molecule has 0 aromatic heterocycles. The van der Waals surface area contributed by atoms with Crippen molar-refractivity contribution in [3.05, 3.63) is 33.4 Å². The average Bonchev–Trinajstić information content (AvgIpc) is 2.79. The Hall–Kier alpha value is -0.620. The smallest absolute Gasteiger partial charge is 0.251 e. The van der Waals surface area contributed by atoms with Gasteiger partial charge in [0.1, 0.15) is 0 Å². The van der Waals surface area contributed by atoms with E-state index in [4.69, 9.17) is 0 Å². The van der Waals surface area contributed by atoms with Crippen molar-refractivity contribution in [1.82, 2.24) is 5.32 Å². The zero-order valence-corrected chi connectivity index (χ0v) is 11.7. The standard InChI is InChI=1S/C13H16INO2/c14-11-5-3-10(4-6-11)12(17)15-13(9-16)7-1-2-8-13/h3-6,16H,1-2,7-9H2,(H,15,17). The molecule has 0 spiro atoms. The number of aliphatic hydroxyl groups is 1. The number of carbonyl (C=O) groups is 1. The first kappa shape index (κ1) is 12.8. The van der Waals surface area contributed by atoms with E-state index in [9.17, 15) is 9.90 Å². The summed E-state index contributed by atoms with van der Waals surface area (Å²) in [5, 5.41) is 12.4. The molecule has 1 saturated carbocycles. The number of amides is 1. The molecule has 0 saturated heterocycles. The molecule has 0 atom stereocenters. The molecule has 1 amide bonds. The predicted molar refractivity (Wildman–Crippen MR) is 74.9 cm³/mol. The van der Waals surface area contributed by atoms with Crippen molar-refractivity contribution in [2.75, 3.05) is 6.61 Å². The van der Waals surface area contributed by atoms with E-state index in [1.54, 1.807) is 0 Å². The first-order chi connectivity index (χ1) is 8.15. The van der Waals surface area contributed by atoms with Gasteiger partial charge in [-0.2, -0.15) is 0 Å². The highest BCUT2D eigenvalue weighted by Gasteiger charge is 2.34. The van der Waals surface area contributed by atoms with Crippen molar-refractivity contribution in [3.63, 3.8) is 0 Å². The quantitative estimate of drug-likeness (QED) is 0.827. The number of hydrogen-bond donors (Lipinski definition) is 2. The van der Waals surface area contributed by atoms with E-state index in [2.05, 4.69) is 27.9 Å². The number of aliphatic hydroxyl groups excluding tert-OH is 1. The molecule has 3 nitrogen and oxygen atoms in total. The molecule has 4 heteroatoms. The third kappa shape index (κ3) is 2.98. The van der Waals surface area contributed by atoms with Crippen molar-refractivity contribution >= 4 is 28.5 Å². The molecular formula is C13H16INO2.